The van der Waals surface area contributed by atoms with E-state index in [1.54, 1.807) is 0 Å². The summed E-state index contributed by atoms with van der Waals surface area (Å²) in [7, 11) is -3.12. The van der Waals surface area contributed by atoms with Crippen LogP contribution in [0.4, 0.5) is 0 Å². The second-order valence-corrected chi connectivity index (χ2v) is 7.42. The molecule has 0 saturated carbocycles. The molecule has 2 rings (SSSR count). The molecule has 1 aliphatic rings. The van der Waals surface area contributed by atoms with E-state index in [4.69, 9.17) is 10.5 Å². The van der Waals surface area contributed by atoms with Gasteiger partial charge in [-0.15, -0.1) is 0 Å². The molecule has 0 spiro atoms. The van der Waals surface area contributed by atoms with Crippen LogP contribution in [0.5, 0.6) is 0 Å². The summed E-state index contributed by atoms with van der Waals surface area (Å²) in [4.78, 5) is 0. The molecule has 1 aromatic rings. The van der Waals surface area contributed by atoms with Crippen molar-refractivity contribution in [1.29, 1.82) is 0 Å². The Kier molecular flexibility index (Phi) is 4.60. The van der Waals surface area contributed by atoms with Crippen molar-refractivity contribution in [1.82, 2.24) is 0 Å². The molecule has 0 aromatic heterocycles. The number of benzene rings is 1. The Bertz CT molecular complexity index is 525. The maximum absolute atomic E-state index is 12.1. The van der Waals surface area contributed by atoms with E-state index in [1.165, 1.54) is 5.56 Å². The van der Waals surface area contributed by atoms with Crippen LogP contribution >= 0.6 is 0 Å². The third-order valence-corrected chi connectivity index (χ3v) is 5.05. The highest BCUT2D eigenvalue weighted by Gasteiger charge is 2.26. The Morgan fingerprint density at radius 3 is 2.89 bits per heavy atom. The SMILES string of the molecule is CC(N)CCS(=O)(=O)CC1OCCc2ccccc21. The van der Waals surface area contributed by atoms with Crippen LogP contribution in [-0.2, 0) is 21.0 Å². The van der Waals surface area contributed by atoms with Crippen molar-refractivity contribution < 1.29 is 13.2 Å². The van der Waals surface area contributed by atoms with Crippen LogP contribution in [0.3, 0.4) is 0 Å². The first-order valence-corrected chi connectivity index (χ1v) is 8.45. The molecule has 5 heteroatoms. The average molecular weight is 283 g/mol. The van der Waals surface area contributed by atoms with Gasteiger partial charge in [-0.1, -0.05) is 24.3 Å². The fourth-order valence-corrected chi connectivity index (χ4v) is 3.93. The van der Waals surface area contributed by atoms with Crippen LogP contribution in [0.25, 0.3) is 0 Å². The summed E-state index contributed by atoms with van der Waals surface area (Å²) in [6, 6.07) is 7.81. The molecule has 19 heavy (non-hydrogen) atoms. The third kappa shape index (κ3) is 4.03. The van der Waals surface area contributed by atoms with Crippen molar-refractivity contribution in [2.24, 2.45) is 5.73 Å². The topological polar surface area (TPSA) is 69.4 Å². The monoisotopic (exact) mass is 283 g/mol. The van der Waals surface area contributed by atoms with Crippen molar-refractivity contribution in [3.8, 4) is 0 Å². The van der Waals surface area contributed by atoms with Crippen molar-refractivity contribution in [2.75, 3.05) is 18.1 Å². The lowest BCUT2D eigenvalue weighted by Gasteiger charge is -2.26. The quantitative estimate of drug-likeness (QED) is 0.888. The normalized spacial score (nSPS) is 20.8. The molecule has 0 saturated heterocycles. The van der Waals surface area contributed by atoms with Gasteiger partial charge in [0.15, 0.2) is 9.84 Å². The Morgan fingerprint density at radius 1 is 1.42 bits per heavy atom. The summed E-state index contributed by atoms with van der Waals surface area (Å²) in [6.07, 6.45) is 1.02. The Balaban J connectivity index is 2.08. The van der Waals surface area contributed by atoms with Crippen molar-refractivity contribution in [3.63, 3.8) is 0 Å². The number of rotatable bonds is 5. The minimum absolute atomic E-state index is 0.0523. The average Bonchev–Trinajstić information content (AvgIpc) is 2.37. The van der Waals surface area contributed by atoms with Crippen LogP contribution in [-0.4, -0.2) is 32.6 Å². The molecule has 2 unspecified atom stereocenters. The van der Waals surface area contributed by atoms with Gasteiger partial charge in [-0.2, -0.15) is 0 Å². The van der Waals surface area contributed by atoms with Crippen LogP contribution in [0, 0.1) is 0 Å². The molecule has 2 N–H and O–H groups in total. The Hall–Kier alpha value is -0.910. The number of hydrogen-bond donors (Lipinski definition) is 1. The molecule has 0 fully saturated rings. The fourth-order valence-electron chi connectivity index (χ4n) is 2.29. The van der Waals surface area contributed by atoms with Crippen molar-refractivity contribution in [2.45, 2.75) is 31.9 Å². The van der Waals surface area contributed by atoms with E-state index in [2.05, 4.69) is 0 Å². The second-order valence-electron chi connectivity index (χ2n) is 5.19. The molecule has 0 radical (unpaired) electrons. The molecule has 1 heterocycles. The molecule has 0 bridgehead atoms. The Morgan fingerprint density at radius 2 is 2.16 bits per heavy atom. The molecule has 4 nitrogen and oxygen atoms in total. The van der Waals surface area contributed by atoms with Crippen LogP contribution < -0.4 is 5.73 Å². The van der Waals surface area contributed by atoms with Gasteiger partial charge in [-0.05, 0) is 30.9 Å². The molecule has 2 atom stereocenters. The molecular formula is C14H21NO3S. The lowest BCUT2D eigenvalue weighted by atomic mass is 9.99. The van der Waals surface area contributed by atoms with Gasteiger partial charge in [0.05, 0.1) is 24.2 Å². The zero-order valence-corrected chi connectivity index (χ0v) is 12.0. The summed E-state index contributed by atoms with van der Waals surface area (Å²) in [5, 5.41) is 0. The number of nitrogens with two attached hydrogens (primary N) is 1. The molecular weight excluding hydrogens is 262 g/mol. The van der Waals surface area contributed by atoms with E-state index in [0.717, 1.165) is 12.0 Å². The molecule has 0 amide bonds. The highest BCUT2D eigenvalue weighted by atomic mass is 32.2. The summed E-state index contributed by atoms with van der Waals surface area (Å²) >= 11 is 0. The fraction of sp³-hybridized carbons (Fsp3) is 0.571. The summed E-state index contributed by atoms with van der Waals surface area (Å²) < 4.78 is 29.8. The van der Waals surface area contributed by atoms with E-state index in [9.17, 15) is 8.42 Å². The van der Waals surface area contributed by atoms with E-state index >= 15 is 0 Å². The van der Waals surface area contributed by atoms with Crippen molar-refractivity contribution in [3.05, 3.63) is 35.4 Å². The van der Waals surface area contributed by atoms with Gasteiger partial charge in [0.2, 0.25) is 0 Å². The number of ether oxygens (including phenoxy) is 1. The van der Waals surface area contributed by atoms with Crippen LogP contribution in [0.2, 0.25) is 0 Å². The third-order valence-electron chi connectivity index (χ3n) is 3.38. The Labute approximate surface area is 114 Å². The van der Waals surface area contributed by atoms with Crippen LogP contribution in [0.1, 0.15) is 30.6 Å². The van der Waals surface area contributed by atoms with E-state index in [-0.39, 0.29) is 23.7 Å². The zero-order valence-electron chi connectivity index (χ0n) is 11.2. The number of hydrogen-bond acceptors (Lipinski definition) is 4. The van der Waals surface area contributed by atoms with Gasteiger partial charge in [-0.25, -0.2) is 8.42 Å². The van der Waals surface area contributed by atoms with Gasteiger partial charge in [0.1, 0.15) is 0 Å². The molecule has 106 valence electrons. The maximum Gasteiger partial charge on any atom is 0.153 e. The second kappa shape index (κ2) is 6.03. The molecule has 1 aliphatic heterocycles. The van der Waals surface area contributed by atoms with E-state index in [0.29, 0.717) is 13.0 Å². The van der Waals surface area contributed by atoms with Gasteiger partial charge in [0, 0.05) is 6.04 Å². The van der Waals surface area contributed by atoms with Gasteiger partial charge in [0.25, 0.3) is 0 Å². The molecule has 1 aromatic carbocycles. The summed E-state index contributed by atoms with van der Waals surface area (Å²) in [5.41, 5.74) is 7.82. The lowest BCUT2D eigenvalue weighted by molar-refractivity contribution is 0.0576. The van der Waals surface area contributed by atoms with Crippen molar-refractivity contribution >= 4 is 9.84 Å². The molecule has 0 aliphatic carbocycles. The van der Waals surface area contributed by atoms with E-state index < -0.39 is 9.84 Å². The smallest absolute Gasteiger partial charge is 0.153 e. The standard InChI is InChI=1S/C14H21NO3S/c1-11(15)7-9-19(16,17)10-14-13-5-3-2-4-12(13)6-8-18-14/h2-5,11,14H,6-10,15H2,1H3. The minimum atomic E-state index is -3.12. The number of sulfone groups is 1. The number of fused-ring (bicyclic) bond motifs is 1. The maximum atomic E-state index is 12.1. The minimum Gasteiger partial charge on any atom is -0.372 e. The predicted octanol–water partition coefficient (Wildman–Crippen LogP) is 1.45. The summed E-state index contributed by atoms with van der Waals surface area (Å²) in [6.45, 7) is 2.41. The largest absolute Gasteiger partial charge is 0.372 e. The van der Waals surface area contributed by atoms with Gasteiger partial charge < -0.3 is 10.5 Å². The zero-order chi connectivity index (χ0) is 13.9. The van der Waals surface area contributed by atoms with Gasteiger partial charge >= 0.3 is 0 Å². The highest BCUT2D eigenvalue weighted by Crippen LogP contribution is 2.28. The highest BCUT2D eigenvalue weighted by molar-refractivity contribution is 7.91. The predicted molar refractivity (Wildman–Crippen MR) is 75.8 cm³/mol. The van der Waals surface area contributed by atoms with E-state index in [1.807, 2.05) is 31.2 Å². The van der Waals surface area contributed by atoms with Crippen LogP contribution in [0.15, 0.2) is 24.3 Å². The summed E-state index contributed by atoms with van der Waals surface area (Å²) in [5.74, 6) is 0.184. The first kappa shape index (κ1) is 14.5. The van der Waals surface area contributed by atoms with Gasteiger partial charge in [-0.3, -0.25) is 0 Å². The first-order chi connectivity index (χ1) is 8.98. The first-order valence-electron chi connectivity index (χ1n) is 6.63. The lowest BCUT2D eigenvalue weighted by Crippen LogP contribution is -2.27.